The van der Waals surface area contributed by atoms with Crippen LogP contribution in [0.1, 0.15) is 25.3 Å². The van der Waals surface area contributed by atoms with Gasteiger partial charge < -0.3 is 15.4 Å². The smallest absolute Gasteiger partial charge is 0.321 e. The SMILES string of the molecule is COC(=O)CC[C@@H](NC(C)=O)C(=O)NC(=O)NCc1ccccc1. The highest BCUT2D eigenvalue weighted by atomic mass is 16.5. The van der Waals surface area contributed by atoms with Gasteiger partial charge in [0.05, 0.1) is 7.11 Å². The first-order valence-corrected chi connectivity index (χ1v) is 7.39. The fourth-order valence-corrected chi connectivity index (χ4v) is 1.90. The van der Waals surface area contributed by atoms with Crippen molar-refractivity contribution in [3.8, 4) is 0 Å². The summed E-state index contributed by atoms with van der Waals surface area (Å²) in [6, 6.07) is 7.50. The summed E-state index contributed by atoms with van der Waals surface area (Å²) in [5, 5.41) is 7.08. The molecule has 0 unspecified atom stereocenters. The molecule has 0 radical (unpaired) electrons. The predicted molar refractivity (Wildman–Crippen MR) is 85.7 cm³/mol. The van der Waals surface area contributed by atoms with Crippen LogP contribution in [0.4, 0.5) is 4.79 Å². The highest BCUT2D eigenvalue weighted by Gasteiger charge is 2.22. The summed E-state index contributed by atoms with van der Waals surface area (Å²) >= 11 is 0. The Hall–Kier alpha value is -2.90. The lowest BCUT2D eigenvalue weighted by atomic mass is 10.1. The van der Waals surface area contributed by atoms with Gasteiger partial charge in [0.25, 0.3) is 5.91 Å². The van der Waals surface area contributed by atoms with Crippen molar-refractivity contribution in [2.45, 2.75) is 32.4 Å². The molecule has 0 aromatic heterocycles. The maximum absolute atomic E-state index is 12.1. The first-order chi connectivity index (χ1) is 11.4. The number of imide groups is 1. The maximum atomic E-state index is 12.1. The van der Waals surface area contributed by atoms with E-state index < -0.39 is 29.9 Å². The van der Waals surface area contributed by atoms with E-state index in [0.29, 0.717) is 0 Å². The molecule has 8 heteroatoms. The molecule has 0 aliphatic heterocycles. The third kappa shape index (κ3) is 7.39. The van der Waals surface area contributed by atoms with Crippen molar-refractivity contribution in [1.82, 2.24) is 16.0 Å². The molecule has 0 heterocycles. The monoisotopic (exact) mass is 335 g/mol. The van der Waals surface area contributed by atoms with Crippen LogP contribution in [-0.4, -0.2) is 37.0 Å². The van der Waals surface area contributed by atoms with Crippen molar-refractivity contribution in [3.63, 3.8) is 0 Å². The second-order valence-electron chi connectivity index (χ2n) is 5.03. The van der Waals surface area contributed by atoms with Gasteiger partial charge in [0, 0.05) is 19.9 Å². The first kappa shape index (κ1) is 19.1. The summed E-state index contributed by atoms with van der Waals surface area (Å²) in [5.41, 5.74) is 0.879. The molecule has 130 valence electrons. The molecule has 24 heavy (non-hydrogen) atoms. The number of urea groups is 1. The summed E-state index contributed by atoms with van der Waals surface area (Å²) in [6.07, 6.45) is -0.0233. The molecule has 0 aliphatic carbocycles. The average molecular weight is 335 g/mol. The molecule has 4 amide bonds. The van der Waals surface area contributed by atoms with E-state index in [-0.39, 0.29) is 19.4 Å². The van der Waals surface area contributed by atoms with Gasteiger partial charge in [-0.2, -0.15) is 0 Å². The van der Waals surface area contributed by atoms with Crippen molar-refractivity contribution in [1.29, 1.82) is 0 Å². The minimum Gasteiger partial charge on any atom is -0.469 e. The Kier molecular flexibility index (Phi) is 7.97. The molecule has 1 atom stereocenters. The van der Waals surface area contributed by atoms with E-state index in [1.54, 1.807) is 0 Å². The molecule has 0 fully saturated rings. The van der Waals surface area contributed by atoms with E-state index in [1.807, 2.05) is 30.3 Å². The Morgan fingerprint density at radius 3 is 2.38 bits per heavy atom. The van der Waals surface area contributed by atoms with Gasteiger partial charge >= 0.3 is 12.0 Å². The molecular weight excluding hydrogens is 314 g/mol. The van der Waals surface area contributed by atoms with Crippen LogP contribution in [0, 0.1) is 0 Å². The number of rotatable bonds is 7. The second kappa shape index (κ2) is 9.98. The third-order valence-corrected chi connectivity index (χ3v) is 3.09. The normalized spacial score (nSPS) is 11.1. The summed E-state index contributed by atoms with van der Waals surface area (Å²) in [7, 11) is 1.23. The van der Waals surface area contributed by atoms with Gasteiger partial charge in [-0.05, 0) is 12.0 Å². The van der Waals surface area contributed by atoms with Crippen LogP contribution in [0.15, 0.2) is 30.3 Å². The Balaban J connectivity index is 2.51. The molecule has 1 aromatic rings. The number of ether oxygens (including phenoxy) is 1. The lowest BCUT2D eigenvalue weighted by Crippen LogP contribution is -2.50. The molecule has 1 rings (SSSR count). The van der Waals surface area contributed by atoms with Gasteiger partial charge in [-0.3, -0.25) is 19.7 Å². The first-order valence-electron chi connectivity index (χ1n) is 7.39. The number of hydrogen-bond donors (Lipinski definition) is 3. The second-order valence-corrected chi connectivity index (χ2v) is 5.03. The van der Waals surface area contributed by atoms with E-state index in [4.69, 9.17) is 0 Å². The van der Waals surface area contributed by atoms with Crippen molar-refractivity contribution in [2.24, 2.45) is 0 Å². The average Bonchev–Trinajstić information content (AvgIpc) is 2.56. The van der Waals surface area contributed by atoms with Gasteiger partial charge in [0.2, 0.25) is 5.91 Å². The molecule has 0 spiro atoms. The molecule has 8 nitrogen and oxygen atoms in total. The topological polar surface area (TPSA) is 114 Å². The largest absolute Gasteiger partial charge is 0.469 e. The standard InChI is InChI=1S/C16H21N3O5/c1-11(20)18-13(8-9-14(21)24-2)15(22)19-16(23)17-10-12-6-4-3-5-7-12/h3-7,13H,8-10H2,1-2H3,(H,18,20)(H2,17,19,22,23)/t13-/m1/s1. The maximum Gasteiger partial charge on any atom is 0.321 e. The van der Waals surface area contributed by atoms with Crippen LogP contribution in [0.5, 0.6) is 0 Å². The fourth-order valence-electron chi connectivity index (χ4n) is 1.90. The zero-order valence-electron chi connectivity index (χ0n) is 13.6. The van der Waals surface area contributed by atoms with Crippen molar-refractivity contribution in [2.75, 3.05) is 7.11 Å². The van der Waals surface area contributed by atoms with E-state index >= 15 is 0 Å². The summed E-state index contributed by atoms with van der Waals surface area (Å²) < 4.78 is 4.49. The molecular formula is C16H21N3O5. The number of esters is 1. The number of carbonyl (C=O) groups excluding carboxylic acids is 4. The Morgan fingerprint density at radius 1 is 1.12 bits per heavy atom. The summed E-state index contributed by atoms with van der Waals surface area (Å²) in [6.45, 7) is 1.50. The molecule has 0 bridgehead atoms. The van der Waals surface area contributed by atoms with E-state index in [0.717, 1.165) is 5.56 Å². The lowest BCUT2D eigenvalue weighted by molar-refractivity contribution is -0.141. The highest BCUT2D eigenvalue weighted by Crippen LogP contribution is 2.00. The van der Waals surface area contributed by atoms with Crippen molar-refractivity contribution in [3.05, 3.63) is 35.9 Å². The van der Waals surface area contributed by atoms with Crippen LogP contribution in [0.3, 0.4) is 0 Å². The number of hydrogen-bond acceptors (Lipinski definition) is 5. The number of amides is 4. The van der Waals surface area contributed by atoms with Gasteiger partial charge in [-0.25, -0.2) is 4.79 Å². The molecule has 0 saturated heterocycles. The third-order valence-electron chi connectivity index (χ3n) is 3.09. The van der Waals surface area contributed by atoms with E-state index in [2.05, 4.69) is 20.7 Å². The highest BCUT2D eigenvalue weighted by molar-refractivity contribution is 5.98. The van der Waals surface area contributed by atoms with Crippen LogP contribution in [-0.2, 0) is 25.7 Å². The molecule has 3 N–H and O–H groups in total. The Bertz CT molecular complexity index is 589. The number of carbonyl (C=O) groups is 4. The summed E-state index contributed by atoms with van der Waals surface area (Å²) in [5.74, 6) is -1.64. The zero-order chi connectivity index (χ0) is 17.9. The number of methoxy groups -OCH3 is 1. The van der Waals surface area contributed by atoms with Crippen molar-refractivity contribution < 1.29 is 23.9 Å². The van der Waals surface area contributed by atoms with E-state index in [1.165, 1.54) is 14.0 Å². The fraction of sp³-hybridized carbons (Fsp3) is 0.375. The molecule has 1 aromatic carbocycles. The van der Waals surface area contributed by atoms with Crippen LogP contribution >= 0.6 is 0 Å². The van der Waals surface area contributed by atoms with Crippen LogP contribution < -0.4 is 16.0 Å². The predicted octanol–water partition coefficient (Wildman–Crippen LogP) is 0.470. The van der Waals surface area contributed by atoms with Crippen molar-refractivity contribution >= 4 is 23.8 Å². The van der Waals surface area contributed by atoms with Crippen LogP contribution in [0.2, 0.25) is 0 Å². The quantitative estimate of drug-likeness (QED) is 0.627. The number of benzene rings is 1. The molecule has 0 aliphatic rings. The zero-order valence-corrected chi connectivity index (χ0v) is 13.6. The van der Waals surface area contributed by atoms with Gasteiger partial charge in [-0.15, -0.1) is 0 Å². The molecule has 0 saturated carbocycles. The van der Waals surface area contributed by atoms with Gasteiger partial charge in [0.15, 0.2) is 0 Å². The number of nitrogens with one attached hydrogen (secondary N) is 3. The summed E-state index contributed by atoms with van der Waals surface area (Å²) in [4.78, 5) is 46.1. The Labute approximate surface area is 139 Å². The van der Waals surface area contributed by atoms with Gasteiger partial charge in [-0.1, -0.05) is 30.3 Å². The minimum absolute atomic E-state index is 0.0318. The minimum atomic E-state index is -0.996. The van der Waals surface area contributed by atoms with Crippen LogP contribution in [0.25, 0.3) is 0 Å². The van der Waals surface area contributed by atoms with Gasteiger partial charge in [0.1, 0.15) is 6.04 Å². The van der Waals surface area contributed by atoms with E-state index in [9.17, 15) is 19.2 Å². The lowest BCUT2D eigenvalue weighted by Gasteiger charge is -2.16. The Morgan fingerprint density at radius 2 is 1.79 bits per heavy atom.